The molecule has 1 aliphatic rings. The van der Waals surface area contributed by atoms with Crippen molar-refractivity contribution in [2.24, 2.45) is 5.73 Å². The lowest BCUT2D eigenvalue weighted by molar-refractivity contribution is 0.347. The Bertz CT molecular complexity index is 565. The lowest BCUT2D eigenvalue weighted by Gasteiger charge is -2.36. The summed E-state index contributed by atoms with van der Waals surface area (Å²) < 4.78 is 0. The van der Waals surface area contributed by atoms with Gasteiger partial charge in [0.1, 0.15) is 0 Å². The van der Waals surface area contributed by atoms with E-state index in [-0.39, 0.29) is 11.5 Å². The minimum Gasteiger partial charge on any atom is -0.327 e. The zero-order valence-corrected chi connectivity index (χ0v) is 12.9. The van der Waals surface area contributed by atoms with Gasteiger partial charge in [-0.3, -0.25) is 0 Å². The van der Waals surface area contributed by atoms with E-state index in [2.05, 4.69) is 61.5 Å². The van der Waals surface area contributed by atoms with Crippen LogP contribution >= 0.6 is 0 Å². The molecule has 1 saturated carbocycles. The monoisotopic (exact) mass is 279 g/mol. The number of benzene rings is 2. The van der Waals surface area contributed by atoms with E-state index < -0.39 is 0 Å². The molecule has 0 radical (unpaired) electrons. The van der Waals surface area contributed by atoms with E-state index in [0.29, 0.717) is 0 Å². The molecule has 0 spiro atoms. The first-order valence-electron chi connectivity index (χ1n) is 8.07. The van der Waals surface area contributed by atoms with Gasteiger partial charge < -0.3 is 5.73 Å². The predicted octanol–water partition coefficient (Wildman–Crippen LogP) is 4.38. The first-order chi connectivity index (χ1) is 10.2. The highest BCUT2D eigenvalue weighted by Crippen LogP contribution is 2.43. The predicted molar refractivity (Wildman–Crippen MR) is 89.4 cm³/mol. The maximum Gasteiger partial charge on any atom is 0.0177 e. The van der Waals surface area contributed by atoms with Gasteiger partial charge in [-0.1, -0.05) is 73.0 Å². The van der Waals surface area contributed by atoms with Crippen molar-refractivity contribution in [2.45, 2.75) is 50.5 Å². The Morgan fingerprint density at radius 3 is 2.19 bits per heavy atom. The van der Waals surface area contributed by atoms with Crippen LogP contribution in [0.3, 0.4) is 0 Å². The third-order valence-electron chi connectivity index (χ3n) is 5.13. The Balaban J connectivity index is 1.85. The Morgan fingerprint density at radius 2 is 1.57 bits per heavy atom. The molecule has 1 aliphatic carbocycles. The molecule has 1 nitrogen and oxygen atoms in total. The zero-order chi connectivity index (χ0) is 14.7. The number of rotatable bonds is 4. The molecular weight excluding hydrogens is 254 g/mol. The second-order valence-electron chi connectivity index (χ2n) is 6.53. The van der Waals surface area contributed by atoms with Gasteiger partial charge in [-0.05, 0) is 37.3 Å². The van der Waals surface area contributed by atoms with Gasteiger partial charge >= 0.3 is 0 Å². The maximum atomic E-state index is 6.72. The minimum atomic E-state index is 0.173. The van der Waals surface area contributed by atoms with Crippen molar-refractivity contribution in [1.82, 2.24) is 0 Å². The summed E-state index contributed by atoms with van der Waals surface area (Å²) in [4.78, 5) is 0. The van der Waals surface area contributed by atoms with Crippen molar-refractivity contribution in [3.8, 4) is 0 Å². The van der Waals surface area contributed by atoms with Crippen LogP contribution in [0.25, 0.3) is 0 Å². The summed E-state index contributed by atoms with van der Waals surface area (Å²) in [5, 5.41) is 0. The van der Waals surface area contributed by atoms with Crippen LogP contribution in [0.5, 0.6) is 0 Å². The zero-order valence-electron chi connectivity index (χ0n) is 12.9. The van der Waals surface area contributed by atoms with Crippen LogP contribution in [0.4, 0.5) is 0 Å². The summed E-state index contributed by atoms with van der Waals surface area (Å²) in [6, 6.07) is 19.9. The quantitative estimate of drug-likeness (QED) is 0.883. The first kappa shape index (κ1) is 14.3. The number of hydrogen-bond acceptors (Lipinski definition) is 1. The van der Waals surface area contributed by atoms with E-state index in [1.165, 1.54) is 42.4 Å². The topological polar surface area (TPSA) is 26.0 Å². The molecule has 21 heavy (non-hydrogen) atoms. The maximum absolute atomic E-state index is 6.72. The van der Waals surface area contributed by atoms with Gasteiger partial charge in [0.15, 0.2) is 0 Å². The standard InChI is InChI=1S/C20H25N/c1-16-9-11-17(12-10-16)15-19(21)20(13-5-6-14-20)18-7-3-2-4-8-18/h2-4,7-12,19H,5-6,13-15,21H2,1H3. The molecule has 3 rings (SSSR count). The Labute approximate surface area is 128 Å². The third-order valence-corrected chi connectivity index (χ3v) is 5.13. The summed E-state index contributed by atoms with van der Waals surface area (Å²) in [5.74, 6) is 0. The van der Waals surface area contributed by atoms with Crippen molar-refractivity contribution in [3.05, 3.63) is 71.3 Å². The first-order valence-corrected chi connectivity index (χ1v) is 8.07. The molecule has 0 heterocycles. The molecule has 2 aromatic carbocycles. The molecule has 0 aromatic heterocycles. The molecule has 1 atom stereocenters. The van der Waals surface area contributed by atoms with Crippen LogP contribution in [0.2, 0.25) is 0 Å². The van der Waals surface area contributed by atoms with Gasteiger partial charge in [0.25, 0.3) is 0 Å². The lowest BCUT2D eigenvalue weighted by Crippen LogP contribution is -2.45. The Kier molecular flexibility index (Phi) is 4.12. The van der Waals surface area contributed by atoms with Gasteiger partial charge in [-0.2, -0.15) is 0 Å². The number of hydrogen-bond donors (Lipinski definition) is 1. The molecule has 0 bridgehead atoms. The van der Waals surface area contributed by atoms with Crippen molar-refractivity contribution in [2.75, 3.05) is 0 Å². The smallest absolute Gasteiger partial charge is 0.0177 e. The van der Waals surface area contributed by atoms with Gasteiger partial charge in [0, 0.05) is 11.5 Å². The number of aryl methyl sites for hydroxylation is 1. The summed E-state index contributed by atoms with van der Waals surface area (Å²) in [7, 11) is 0. The van der Waals surface area contributed by atoms with Crippen LogP contribution in [0, 0.1) is 6.92 Å². The van der Waals surface area contributed by atoms with Gasteiger partial charge in [0.2, 0.25) is 0 Å². The van der Waals surface area contributed by atoms with Crippen LogP contribution in [-0.2, 0) is 11.8 Å². The SMILES string of the molecule is Cc1ccc(CC(N)C2(c3ccccc3)CCCC2)cc1. The number of nitrogens with two attached hydrogens (primary N) is 1. The highest BCUT2D eigenvalue weighted by atomic mass is 14.7. The van der Waals surface area contributed by atoms with E-state index in [1.807, 2.05) is 0 Å². The van der Waals surface area contributed by atoms with Crippen LogP contribution in [0.15, 0.2) is 54.6 Å². The molecule has 1 unspecified atom stereocenters. The molecule has 1 heteroatoms. The minimum absolute atomic E-state index is 0.173. The fourth-order valence-electron chi connectivity index (χ4n) is 3.82. The summed E-state index contributed by atoms with van der Waals surface area (Å²) >= 11 is 0. The second kappa shape index (κ2) is 6.03. The van der Waals surface area contributed by atoms with E-state index in [9.17, 15) is 0 Å². The van der Waals surface area contributed by atoms with Crippen LogP contribution in [0.1, 0.15) is 42.4 Å². The van der Waals surface area contributed by atoms with Gasteiger partial charge in [-0.25, -0.2) is 0 Å². The van der Waals surface area contributed by atoms with E-state index >= 15 is 0 Å². The largest absolute Gasteiger partial charge is 0.327 e. The molecule has 0 aliphatic heterocycles. The molecule has 2 aromatic rings. The van der Waals surface area contributed by atoms with Crippen LogP contribution < -0.4 is 5.73 Å². The van der Waals surface area contributed by atoms with Crippen LogP contribution in [-0.4, -0.2) is 6.04 Å². The van der Waals surface area contributed by atoms with E-state index in [1.54, 1.807) is 0 Å². The fourth-order valence-corrected chi connectivity index (χ4v) is 3.82. The van der Waals surface area contributed by atoms with Gasteiger partial charge in [-0.15, -0.1) is 0 Å². The highest BCUT2D eigenvalue weighted by molar-refractivity contribution is 5.31. The molecule has 0 saturated heterocycles. The van der Waals surface area contributed by atoms with Crippen molar-refractivity contribution in [1.29, 1.82) is 0 Å². The Morgan fingerprint density at radius 1 is 0.952 bits per heavy atom. The fraction of sp³-hybridized carbons (Fsp3) is 0.400. The average Bonchev–Trinajstić information content (AvgIpc) is 3.01. The molecule has 1 fully saturated rings. The molecule has 110 valence electrons. The highest BCUT2D eigenvalue weighted by Gasteiger charge is 2.40. The summed E-state index contributed by atoms with van der Waals surface area (Å²) in [6.07, 6.45) is 6.02. The lowest BCUT2D eigenvalue weighted by atomic mass is 9.71. The Hall–Kier alpha value is -1.60. The normalized spacial score (nSPS) is 18.6. The molecular formula is C20H25N. The van der Waals surface area contributed by atoms with E-state index in [0.717, 1.165) is 6.42 Å². The summed E-state index contributed by atoms with van der Waals surface area (Å²) in [6.45, 7) is 2.13. The third kappa shape index (κ3) is 2.89. The summed E-state index contributed by atoms with van der Waals surface area (Å²) in [5.41, 5.74) is 11.0. The average molecular weight is 279 g/mol. The second-order valence-corrected chi connectivity index (χ2v) is 6.53. The van der Waals surface area contributed by atoms with E-state index in [4.69, 9.17) is 5.73 Å². The molecule has 0 amide bonds. The van der Waals surface area contributed by atoms with Crippen molar-refractivity contribution < 1.29 is 0 Å². The van der Waals surface area contributed by atoms with Crippen molar-refractivity contribution >= 4 is 0 Å². The van der Waals surface area contributed by atoms with Crippen molar-refractivity contribution in [3.63, 3.8) is 0 Å². The molecule has 2 N–H and O–H groups in total. The van der Waals surface area contributed by atoms with Gasteiger partial charge in [0.05, 0.1) is 0 Å².